The minimum absolute atomic E-state index is 0.451. The Hall–Kier alpha value is -0.940. The van der Waals surface area contributed by atoms with E-state index in [-0.39, 0.29) is 0 Å². The van der Waals surface area contributed by atoms with Crippen LogP contribution in [0.25, 0.3) is 0 Å². The number of aromatic nitrogens is 2. The summed E-state index contributed by atoms with van der Waals surface area (Å²) in [7, 11) is 0. The molecule has 1 aliphatic rings. The number of piperidine rings is 1. The maximum absolute atomic E-state index is 5.86. The molecule has 1 aromatic heterocycles. The van der Waals surface area contributed by atoms with Crippen molar-refractivity contribution in [2.45, 2.75) is 45.7 Å². The van der Waals surface area contributed by atoms with Gasteiger partial charge in [-0.05, 0) is 25.3 Å². The van der Waals surface area contributed by atoms with Crippen LogP contribution in [0.1, 0.15) is 38.4 Å². The summed E-state index contributed by atoms with van der Waals surface area (Å²) in [6.07, 6.45) is 3.30. The topological polar surface area (TPSA) is 68.2 Å². The van der Waals surface area contributed by atoms with E-state index in [9.17, 15) is 0 Å². The van der Waals surface area contributed by atoms with Crippen LogP contribution in [0.15, 0.2) is 4.52 Å². The number of hydrogen-bond donors (Lipinski definition) is 1. The molecule has 2 N–H and O–H groups in total. The molecule has 0 aromatic carbocycles. The van der Waals surface area contributed by atoms with E-state index in [0.29, 0.717) is 24.4 Å². The van der Waals surface area contributed by atoms with Crippen molar-refractivity contribution in [3.8, 4) is 0 Å². The van der Waals surface area contributed by atoms with Crippen LogP contribution in [0, 0.1) is 5.92 Å². The second kappa shape index (κ2) is 5.60. The first-order valence-electron chi connectivity index (χ1n) is 6.50. The zero-order chi connectivity index (χ0) is 12.3. The van der Waals surface area contributed by atoms with Crippen molar-refractivity contribution >= 4 is 0 Å². The van der Waals surface area contributed by atoms with Gasteiger partial charge in [0.2, 0.25) is 5.89 Å². The van der Waals surface area contributed by atoms with Crippen LogP contribution in [-0.4, -0.2) is 34.2 Å². The molecule has 0 saturated carbocycles. The van der Waals surface area contributed by atoms with Gasteiger partial charge in [-0.2, -0.15) is 4.98 Å². The van der Waals surface area contributed by atoms with Crippen LogP contribution in [0.5, 0.6) is 0 Å². The largest absolute Gasteiger partial charge is 0.339 e. The molecule has 1 fully saturated rings. The summed E-state index contributed by atoms with van der Waals surface area (Å²) in [6, 6.07) is 0.451. The maximum atomic E-state index is 5.86. The van der Waals surface area contributed by atoms with Crippen molar-refractivity contribution in [2.24, 2.45) is 11.7 Å². The summed E-state index contributed by atoms with van der Waals surface area (Å²) < 4.78 is 5.13. The third-order valence-corrected chi connectivity index (χ3v) is 3.63. The number of nitrogens with two attached hydrogens (primary N) is 1. The Kier molecular flexibility index (Phi) is 4.12. The standard InChI is InChI=1S/C12H22N4O/c1-3-12-14-11(15-17-12)8-16-6-4-5-9(2)10(16)7-13/h9-10H,3-8,13H2,1-2H3. The second-order valence-corrected chi connectivity index (χ2v) is 4.85. The third kappa shape index (κ3) is 2.84. The molecule has 2 heterocycles. The van der Waals surface area contributed by atoms with E-state index in [0.717, 1.165) is 25.3 Å². The minimum atomic E-state index is 0.451. The molecule has 0 aliphatic carbocycles. The van der Waals surface area contributed by atoms with Crippen LogP contribution in [0.3, 0.4) is 0 Å². The predicted octanol–water partition coefficient (Wildman–Crippen LogP) is 1.19. The van der Waals surface area contributed by atoms with Crippen molar-refractivity contribution < 1.29 is 4.52 Å². The Morgan fingerprint density at radius 1 is 1.53 bits per heavy atom. The predicted molar refractivity (Wildman–Crippen MR) is 65.3 cm³/mol. The normalized spacial score (nSPS) is 26.3. The molecule has 2 rings (SSSR count). The highest BCUT2D eigenvalue weighted by atomic mass is 16.5. The van der Waals surface area contributed by atoms with E-state index in [1.165, 1.54) is 12.8 Å². The smallest absolute Gasteiger partial charge is 0.226 e. The van der Waals surface area contributed by atoms with Gasteiger partial charge in [0.05, 0.1) is 6.54 Å². The summed E-state index contributed by atoms with van der Waals surface area (Å²) in [4.78, 5) is 6.74. The van der Waals surface area contributed by atoms with E-state index < -0.39 is 0 Å². The molecule has 5 heteroatoms. The zero-order valence-corrected chi connectivity index (χ0v) is 10.7. The molecular formula is C12H22N4O. The van der Waals surface area contributed by atoms with Gasteiger partial charge >= 0.3 is 0 Å². The van der Waals surface area contributed by atoms with Crippen molar-refractivity contribution in [1.29, 1.82) is 0 Å². The second-order valence-electron chi connectivity index (χ2n) is 4.85. The molecule has 96 valence electrons. The lowest BCUT2D eigenvalue weighted by atomic mass is 9.91. The van der Waals surface area contributed by atoms with Crippen LogP contribution in [0.2, 0.25) is 0 Å². The van der Waals surface area contributed by atoms with Crippen molar-refractivity contribution in [3.05, 3.63) is 11.7 Å². The Bertz CT molecular complexity index is 352. The van der Waals surface area contributed by atoms with Gasteiger partial charge in [0, 0.05) is 19.0 Å². The lowest BCUT2D eigenvalue weighted by molar-refractivity contribution is 0.0955. The van der Waals surface area contributed by atoms with Crippen LogP contribution >= 0.6 is 0 Å². The fourth-order valence-corrected chi connectivity index (χ4v) is 2.59. The van der Waals surface area contributed by atoms with Crippen LogP contribution in [-0.2, 0) is 13.0 Å². The highest BCUT2D eigenvalue weighted by Gasteiger charge is 2.28. The van der Waals surface area contributed by atoms with Gasteiger partial charge in [0.25, 0.3) is 0 Å². The van der Waals surface area contributed by atoms with Gasteiger partial charge in [0.15, 0.2) is 5.82 Å². The third-order valence-electron chi connectivity index (χ3n) is 3.63. The van der Waals surface area contributed by atoms with Gasteiger partial charge in [-0.3, -0.25) is 4.90 Å². The van der Waals surface area contributed by atoms with E-state index in [1.807, 2.05) is 6.92 Å². The molecule has 2 unspecified atom stereocenters. The molecule has 17 heavy (non-hydrogen) atoms. The van der Waals surface area contributed by atoms with E-state index in [1.54, 1.807) is 0 Å². The highest BCUT2D eigenvalue weighted by molar-refractivity contribution is 4.90. The monoisotopic (exact) mass is 238 g/mol. The number of likely N-dealkylation sites (tertiary alicyclic amines) is 1. The Labute approximate surface area is 102 Å². The molecule has 0 radical (unpaired) electrons. The Morgan fingerprint density at radius 2 is 2.35 bits per heavy atom. The fourth-order valence-electron chi connectivity index (χ4n) is 2.59. The zero-order valence-electron chi connectivity index (χ0n) is 10.7. The first kappa shape index (κ1) is 12.5. The van der Waals surface area contributed by atoms with E-state index in [2.05, 4.69) is 22.0 Å². The highest BCUT2D eigenvalue weighted by Crippen LogP contribution is 2.23. The average molecular weight is 238 g/mol. The fraction of sp³-hybridized carbons (Fsp3) is 0.833. The summed E-state index contributed by atoms with van der Waals surface area (Å²) in [5.41, 5.74) is 5.86. The average Bonchev–Trinajstić information content (AvgIpc) is 2.77. The Balaban J connectivity index is 2.00. The quantitative estimate of drug-likeness (QED) is 0.853. The molecule has 1 aromatic rings. The number of rotatable bonds is 4. The first-order valence-corrected chi connectivity index (χ1v) is 6.50. The first-order chi connectivity index (χ1) is 8.24. The summed E-state index contributed by atoms with van der Waals surface area (Å²) in [6.45, 7) is 6.85. The molecule has 2 atom stereocenters. The molecular weight excluding hydrogens is 216 g/mol. The molecule has 1 aliphatic heterocycles. The summed E-state index contributed by atoms with van der Waals surface area (Å²) >= 11 is 0. The van der Waals surface area contributed by atoms with Gasteiger partial charge in [-0.15, -0.1) is 0 Å². The SMILES string of the molecule is CCc1nc(CN2CCCC(C)C2CN)no1. The molecule has 0 spiro atoms. The maximum Gasteiger partial charge on any atom is 0.226 e. The molecule has 5 nitrogen and oxygen atoms in total. The minimum Gasteiger partial charge on any atom is -0.339 e. The molecule has 0 bridgehead atoms. The van der Waals surface area contributed by atoms with Gasteiger partial charge in [-0.1, -0.05) is 19.0 Å². The van der Waals surface area contributed by atoms with Gasteiger partial charge < -0.3 is 10.3 Å². The summed E-state index contributed by atoms with van der Waals surface area (Å²) in [5.74, 6) is 2.16. The molecule has 1 saturated heterocycles. The number of aryl methyl sites for hydroxylation is 1. The molecule has 0 amide bonds. The summed E-state index contributed by atoms with van der Waals surface area (Å²) in [5, 5.41) is 4.01. The van der Waals surface area contributed by atoms with Crippen molar-refractivity contribution in [1.82, 2.24) is 15.0 Å². The van der Waals surface area contributed by atoms with Crippen molar-refractivity contribution in [3.63, 3.8) is 0 Å². The Morgan fingerprint density at radius 3 is 3.00 bits per heavy atom. The van der Waals surface area contributed by atoms with Gasteiger partial charge in [-0.25, -0.2) is 0 Å². The van der Waals surface area contributed by atoms with E-state index >= 15 is 0 Å². The van der Waals surface area contributed by atoms with Crippen molar-refractivity contribution in [2.75, 3.05) is 13.1 Å². The van der Waals surface area contributed by atoms with Gasteiger partial charge in [0.1, 0.15) is 0 Å². The van der Waals surface area contributed by atoms with E-state index in [4.69, 9.17) is 10.3 Å². The number of nitrogens with zero attached hydrogens (tertiary/aromatic N) is 3. The lowest BCUT2D eigenvalue weighted by Gasteiger charge is -2.38. The van der Waals surface area contributed by atoms with Crippen LogP contribution < -0.4 is 5.73 Å². The lowest BCUT2D eigenvalue weighted by Crippen LogP contribution is -2.48. The van der Waals surface area contributed by atoms with Crippen LogP contribution in [0.4, 0.5) is 0 Å². The number of hydrogen-bond acceptors (Lipinski definition) is 5.